The van der Waals surface area contributed by atoms with Crippen LogP contribution in [0.15, 0.2) is 88.0 Å². The number of hydrogen-bond acceptors (Lipinski definition) is 6. The van der Waals surface area contributed by atoms with Gasteiger partial charge in [-0.2, -0.15) is 0 Å². The van der Waals surface area contributed by atoms with Crippen molar-refractivity contribution in [1.82, 2.24) is 4.57 Å². The number of nitrogens with zero attached hydrogens (tertiary/aromatic N) is 5. The van der Waals surface area contributed by atoms with Crippen molar-refractivity contribution in [3.05, 3.63) is 93.5 Å². The summed E-state index contributed by atoms with van der Waals surface area (Å²) in [5, 5.41) is 31.4. The van der Waals surface area contributed by atoms with E-state index in [0.717, 1.165) is 5.69 Å². The third-order valence-corrected chi connectivity index (χ3v) is 4.96. The monoisotopic (exact) mass is 411 g/mol. The van der Waals surface area contributed by atoms with Gasteiger partial charge in [-0.05, 0) is 24.3 Å². The van der Waals surface area contributed by atoms with Crippen LogP contribution in [0.25, 0.3) is 22.3 Å². The van der Waals surface area contributed by atoms with E-state index >= 15 is 0 Å². The van der Waals surface area contributed by atoms with Crippen LogP contribution < -0.4 is 10.6 Å². The molecule has 0 atom stereocenters. The molecule has 5 rings (SSSR count). The summed E-state index contributed by atoms with van der Waals surface area (Å²) in [6.07, 6.45) is 0. The SMILES string of the molecule is O=C1N=c2ccc([N+](=O)[O-])cc2=C1N=Nc1c(O)n(-c2ccccc2)c2ccccc12. The van der Waals surface area contributed by atoms with Crippen molar-refractivity contribution in [1.29, 1.82) is 0 Å². The summed E-state index contributed by atoms with van der Waals surface area (Å²) in [5.74, 6) is -0.788. The smallest absolute Gasteiger partial charge is 0.298 e. The summed E-state index contributed by atoms with van der Waals surface area (Å²) in [4.78, 5) is 26.7. The van der Waals surface area contributed by atoms with Gasteiger partial charge in [0, 0.05) is 28.4 Å². The molecule has 0 bridgehead atoms. The Bertz CT molecular complexity index is 1540. The number of nitro benzene ring substituents is 1. The first kappa shape index (κ1) is 18.4. The number of aromatic nitrogens is 1. The van der Waals surface area contributed by atoms with Crippen LogP contribution in [-0.2, 0) is 4.79 Å². The Kier molecular flexibility index (Phi) is 4.14. The van der Waals surface area contributed by atoms with E-state index in [9.17, 15) is 20.0 Å². The highest BCUT2D eigenvalue weighted by Crippen LogP contribution is 2.41. The fraction of sp³-hybridized carbons (Fsp3) is 0. The topological polar surface area (TPSA) is 122 Å². The summed E-state index contributed by atoms with van der Waals surface area (Å²) in [5.41, 5.74) is 1.33. The van der Waals surface area contributed by atoms with Gasteiger partial charge in [-0.15, -0.1) is 10.2 Å². The molecule has 0 radical (unpaired) electrons. The molecule has 1 N–H and O–H groups in total. The second kappa shape index (κ2) is 6.99. The summed E-state index contributed by atoms with van der Waals surface area (Å²) in [7, 11) is 0. The Morgan fingerprint density at radius 3 is 2.48 bits per heavy atom. The number of nitro groups is 1. The molecule has 1 aliphatic rings. The molecule has 1 aliphatic heterocycles. The highest BCUT2D eigenvalue weighted by Gasteiger charge is 2.21. The fourth-order valence-electron chi connectivity index (χ4n) is 3.55. The van der Waals surface area contributed by atoms with E-state index in [1.807, 2.05) is 42.5 Å². The van der Waals surface area contributed by atoms with Crippen LogP contribution >= 0.6 is 0 Å². The lowest BCUT2D eigenvalue weighted by atomic mass is 10.2. The summed E-state index contributed by atoms with van der Waals surface area (Å²) in [6, 6.07) is 20.4. The number of carbonyl (C=O) groups excluding carboxylic acids is 1. The second-order valence-electron chi connectivity index (χ2n) is 6.78. The molecule has 4 aromatic rings. The minimum absolute atomic E-state index is 0.116. The molecule has 31 heavy (non-hydrogen) atoms. The maximum atomic E-state index is 12.3. The molecule has 0 unspecified atom stereocenters. The first-order valence-corrected chi connectivity index (χ1v) is 9.26. The molecule has 0 aliphatic carbocycles. The number of non-ortho nitro benzene ring substituents is 1. The predicted molar refractivity (Wildman–Crippen MR) is 112 cm³/mol. The van der Waals surface area contributed by atoms with Gasteiger partial charge in [0.1, 0.15) is 0 Å². The Labute approximate surface area is 174 Å². The van der Waals surface area contributed by atoms with Crippen LogP contribution in [0.3, 0.4) is 0 Å². The van der Waals surface area contributed by atoms with Crippen molar-refractivity contribution in [2.24, 2.45) is 15.2 Å². The third-order valence-electron chi connectivity index (χ3n) is 4.96. The molecule has 0 saturated heterocycles. The summed E-state index contributed by atoms with van der Waals surface area (Å²) >= 11 is 0. The standard InChI is InChI=1S/C22H13N5O4/c28-21-19(16-12-14(27(30)31)10-11-17(16)23-21)24-25-20-15-8-4-5-9-18(15)26(22(20)29)13-6-2-1-3-7-13/h1-12,29H. The lowest BCUT2D eigenvalue weighted by Gasteiger charge is -2.06. The lowest BCUT2D eigenvalue weighted by molar-refractivity contribution is -0.385. The van der Waals surface area contributed by atoms with Crippen LogP contribution in [0.2, 0.25) is 0 Å². The van der Waals surface area contributed by atoms with Gasteiger partial charge in [0.15, 0.2) is 11.4 Å². The number of aromatic hydroxyl groups is 1. The normalized spacial score (nSPS) is 13.0. The molecule has 0 saturated carbocycles. The Morgan fingerprint density at radius 2 is 1.71 bits per heavy atom. The molecule has 0 fully saturated rings. The molecule has 3 aromatic carbocycles. The largest absolute Gasteiger partial charge is 0.493 e. The number of rotatable bonds is 4. The van der Waals surface area contributed by atoms with Crippen LogP contribution in [0.1, 0.15) is 0 Å². The number of carbonyl (C=O) groups is 1. The van der Waals surface area contributed by atoms with Crippen LogP contribution in [-0.4, -0.2) is 20.5 Å². The van der Waals surface area contributed by atoms with E-state index in [-0.39, 0.29) is 28.2 Å². The Morgan fingerprint density at radius 1 is 0.968 bits per heavy atom. The van der Waals surface area contributed by atoms with E-state index in [4.69, 9.17) is 0 Å². The van der Waals surface area contributed by atoms with Gasteiger partial charge in [0.05, 0.1) is 15.8 Å². The van der Waals surface area contributed by atoms with Crippen molar-refractivity contribution >= 4 is 33.9 Å². The molecule has 2 heterocycles. The molecule has 9 nitrogen and oxygen atoms in total. The number of benzene rings is 3. The van der Waals surface area contributed by atoms with E-state index in [1.54, 1.807) is 16.7 Å². The van der Waals surface area contributed by atoms with Gasteiger partial charge >= 0.3 is 0 Å². The van der Waals surface area contributed by atoms with Gasteiger partial charge in [-0.3, -0.25) is 19.5 Å². The molecular formula is C22H13N5O4. The van der Waals surface area contributed by atoms with Crippen molar-refractivity contribution in [2.75, 3.05) is 0 Å². The molecule has 150 valence electrons. The molecule has 1 amide bonds. The molecular weight excluding hydrogens is 398 g/mol. The summed E-state index contributed by atoms with van der Waals surface area (Å²) < 4.78 is 1.63. The highest BCUT2D eigenvalue weighted by atomic mass is 16.6. The molecule has 0 spiro atoms. The average Bonchev–Trinajstić information content (AvgIpc) is 3.24. The zero-order valence-electron chi connectivity index (χ0n) is 15.8. The van der Waals surface area contributed by atoms with E-state index < -0.39 is 10.8 Å². The second-order valence-corrected chi connectivity index (χ2v) is 6.78. The van der Waals surface area contributed by atoms with E-state index in [0.29, 0.717) is 16.3 Å². The minimum Gasteiger partial charge on any atom is -0.493 e. The number of para-hydroxylation sites is 2. The number of fused-ring (bicyclic) bond motifs is 2. The maximum Gasteiger partial charge on any atom is 0.298 e. The van der Waals surface area contributed by atoms with Crippen molar-refractivity contribution in [3.63, 3.8) is 0 Å². The third kappa shape index (κ3) is 2.96. The first-order valence-electron chi connectivity index (χ1n) is 9.26. The maximum absolute atomic E-state index is 12.3. The van der Waals surface area contributed by atoms with Crippen LogP contribution in [0.4, 0.5) is 11.4 Å². The number of amides is 1. The minimum atomic E-state index is -0.648. The van der Waals surface area contributed by atoms with Crippen molar-refractivity contribution < 1.29 is 14.8 Å². The Hall–Kier alpha value is -4.66. The van der Waals surface area contributed by atoms with Gasteiger partial charge in [-0.25, -0.2) is 4.99 Å². The van der Waals surface area contributed by atoms with Crippen molar-refractivity contribution in [2.45, 2.75) is 0 Å². The Balaban J connectivity index is 1.70. The van der Waals surface area contributed by atoms with Gasteiger partial charge in [-0.1, -0.05) is 36.4 Å². The van der Waals surface area contributed by atoms with Crippen LogP contribution in [0, 0.1) is 10.1 Å². The predicted octanol–water partition coefficient (Wildman–Crippen LogP) is 3.30. The van der Waals surface area contributed by atoms with Gasteiger partial charge in [0.2, 0.25) is 5.88 Å². The van der Waals surface area contributed by atoms with E-state index in [2.05, 4.69) is 15.2 Å². The van der Waals surface area contributed by atoms with Gasteiger partial charge in [0.25, 0.3) is 11.6 Å². The van der Waals surface area contributed by atoms with Gasteiger partial charge < -0.3 is 5.11 Å². The first-order chi connectivity index (χ1) is 15.0. The lowest BCUT2D eigenvalue weighted by Crippen LogP contribution is -2.22. The number of azo groups is 1. The zero-order valence-corrected chi connectivity index (χ0v) is 15.8. The summed E-state index contributed by atoms with van der Waals surface area (Å²) in [6.45, 7) is 0. The molecule has 9 heteroatoms. The van der Waals surface area contributed by atoms with Crippen LogP contribution in [0.5, 0.6) is 5.88 Å². The highest BCUT2D eigenvalue weighted by molar-refractivity contribution is 6.14. The number of hydrogen-bond donors (Lipinski definition) is 1. The van der Waals surface area contributed by atoms with E-state index in [1.165, 1.54) is 18.2 Å². The average molecular weight is 411 g/mol. The fourth-order valence-corrected chi connectivity index (χ4v) is 3.55. The zero-order chi connectivity index (χ0) is 21.5. The molecule has 1 aromatic heterocycles. The van der Waals surface area contributed by atoms with Crippen molar-refractivity contribution in [3.8, 4) is 11.6 Å². The quantitative estimate of drug-likeness (QED) is 0.314.